The second-order valence-electron chi connectivity index (χ2n) is 6.25. The largest absolute Gasteiger partial charge is 0.381 e. The third kappa shape index (κ3) is 3.01. The number of rotatable bonds is 6. The molecule has 1 aliphatic carbocycles. The van der Waals surface area contributed by atoms with Crippen LogP contribution in [-0.4, -0.2) is 41.3 Å². The van der Waals surface area contributed by atoms with Crippen molar-refractivity contribution in [1.82, 2.24) is 34.8 Å². The van der Waals surface area contributed by atoms with Crippen molar-refractivity contribution in [2.24, 2.45) is 0 Å². The van der Waals surface area contributed by atoms with Crippen molar-refractivity contribution in [2.75, 3.05) is 11.9 Å². The third-order valence-corrected chi connectivity index (χ3v) is 5.17. The van der Waals surface area contributed by atoms with Crippen LogP contribution in [0.3, 0.4) is 0 Å². The molecule has 0 aliphatic heterocycles. The van der Waals surface area contributed by atoms with Crippen molar-refractivity contribution in [3.8, 4) is 10.8 Å². The van der Waals surface area contributed by atoms with E-state index in [1.165, 1.54) is 12.8 Å². The third-order valence-electron chi connectivity index (χ3n) is 4.29. The Kier molecular flexibility index (Phi) is 3.78. The van der Waals surface area contributed by atoms with E-state index >= 15 is 0 Å². The van der Waals surface area contributed by atoms with Gasteiger partial charge < -0.3 is 5.32 Å². The summed E-state index contributed by atoms with van der Waals surface area (Å²) in [5.74, 6) is 1.25. The molecule has 0 aromatic carbocycles. The summed E-state index contributed by atoms with van der Waals surface area (Å²) in [6.07, 6.45) is 8.35. The second kappa shape index (κ2) is 6.41. The highest BCUT2D eigenvalue weighted by atomic mass is 32.1. The van der Waals surface area contributed by atoms with Gasteiger partial charge in [0.05, 0.1) is 17.1 Å². The summed E-state index contributed by atoms with van der Waals surface area (Å²) in [6.45, 7) is 0.759. The van der Waals surface area contributed by atoms with Crippen molar-refractivity contribution < 1.29 is 0 Å². The van der Waals surface area contributed by atoms with Gasteiger partial charge in [0.15, 0.2) is 10.8 Å². The van der Waals surface area contributed by atoms with Crippen LogP contribution in [0.25, 0.3) is 16.5 Å². The summed E-state index contributed by atoms with van der Waals surface area (Å²) in [4.78, 5) is 13.1. The Hall–Kier alpha value is -2.94. The highest BCUT2D eigenvalue weighted by Gasteiger charge is 2.26. The van der Waals surface area contributed by atoms with Gasteiger partial charge in [-0.1, -0.05) is 0 Å². The van der Waals surface area contributed by atoms with Crippen LogP contribution < -0.4 is 5.32 Å². The molecular weight excluding hydrogens is 348 g/mol. The highest BCUT2D eigenvalue weighted by molar-refractivity contribution is 7.13. The molecule has 0 unspecified atom stereocenters. The van der Waals surface area contributed by atoms with E-state index in [9.17, 15) is 0 Å². The van der Waals surface area contributed by atoms with Crippen LogP contribution in [0.2, 0.25) is 0 Å². The first-order valence-corrected chi connectivity index (χ1v) is 9.41. The molecule has 1 N–H and O–H groups in total. The Bertz CT molecular complexity index is 1040. The molecule has 0 radical (unpaired) electrons. The minimum Gasteiger partial charge on any atom is -0.381 e. The van der Waals surface area contributed by atoms with Gasteiger partial charge >= 0.3 is 0 Å². The SMILES string of the molecule is c1cnc(-c2nc(CCNc3cc(C4CC4)nn4cnnc34)cs2)nc1. The van der Waals surface area contributed by atoms with E-state index in [4.69, 9.17) is 0 Å². The van der Waals surface area contributed by atoms with Gasteiger partial charge in [0.25, 0.3) is 0 Å². The van der Waals surface area contributed by atoms with Crippen molar-refractivity contribution in [1.29, 1.82) is 0 Å². The number of anilines is 1. The minimum absolute atomic E-state index is 0.578. The van der Waals surface area contributed by atoms with E-state index in [1.807, 2.05) is 0 Å². The number of fused-ring (bicyclic) bond motifs is 1. The quantitative estimate of drug-likeness (QED) is 0.562. The van der Waals surface area contributed by atoms with E-state index in [2.05, 4.69) is 47.0 Å². The Morgan fingerprint density at radius 2 is 2.12 bits per heavy atom. The van der Waals surface area contributed by atoms with E-state index in [1.54, 1.807) is 40.6 Å². The molecule has 5 rings (SSSR count). The molecule has 8 nitrogen and oxygen atoms in total. The zero-order valence-electron chi connectivity index (χ0n) is 13.9. The summed E-state index contributed by atoms with van der Waals surface area (Å²) < 4.78 is 1.75. The van der Waals surface area contributed by atoms with Crippen LogP contribution in [0.1, 0.15) is 30.1 Å². The molecule has 0 atom stereocenters. The fourth-order valence-electron chi connectivity index (χ4n) is 2.81. The molecule has 0 amide bonds. The summed E-state index contributed by atoms with van der Waals surface area (Å²) in [5, 5.41) is 19.1. The molecular formula is C17H16N8S. The molecule has 1 fully saturated rings. The summed E-state index contributed by atoms with van der Waals surface area (Å²) in [6, 6.07) is 3.91. The van der Waals surface area contributed by atoms with Gasteiger partial charge in [0, 0.05) is 36.7 Å². The van der Waals surface area contributed by atoms with Gasteiger partial charge in [-0.2, -0.15) is 9.61 Å². The summed E-state index contributed by atoms with van der Waals surface area (Å²) in [7, 11) is 0. The van der Waals surface area contributed by atoms with E-state index in [0.717, 1.165) is 40.7 Å². The van der Waals surface area contributed by atoms with Gasteiger partial charge in [-0.05, 0) is 25.0 Å². The molecule has 0 bridgehead atoms. The average Bonchev–Trinajstić information content (AvgIpc) is 3.23. The first kappa shape index (κ1) is 15.3. The number of nitrogens with zero attached hydrogens (tertiary/aromatic N) is 7. The number of hydrogen-bond donors (Lipinski definition) is 1. The zero-order chi connectivity index (χ0) is 17.3. The lowest BCUT2D eigenvalue weighted by Crippen LogP contribution is -2.08. The van der Waals surface area contributed by atoms with Crippen LogP contribution >= 0.6 is 11.3 Å². The molecule has 130 valence electrons. The summed E-state index contributed by atoms with van der Waals surface area (Å²) >= 11 is 1.57. The van der Waals surface area contributed by atoms with Gasteiger partial charge in [-0.25, -0.2) is 15.0 Å². The minimum atomic E-state index is 0.578. The van der Waals surface area contributed by atoms with Crippen molar-refractivity contribution in [3.63, 3.8) is 0 Å². The van der Waals surface area contributed by atoms with Gasteiger partial charge in [-0.15, -0.1) is 21.5 Å². The zero-order valence-corrected chi connectivity index (χ0v) is 14.7. The number of thiazole rings is 1. The lowest BCUT2D eigenvalue weighted by molar-refractivity contribution is 0.849. The maximum atomic E-state index is 4.63. The Labute approximate surface area is 153 Å². The standard InChI is InChI=1S/C17H16N8S/c1-5-19-15(20-6-1)17-22-12(9-26-17)4-7-18-14-8-13(11-2-3-11)24-25-10-21-23-16(14)25/h1,5-6,8-11,18H,2-4,7H2. The monoisotopic (exact) mass is 364 g/mol. The molecule has 26 heavy (non-hydrogen) atoms. The molecule has 0 saturated heterocycles. The summed E-state index contributed by atoms with van der Waals surface area (Å²) in [5.41, 5.74) is 3.86. The molecule has 4 aromatic heterocycles. The normalized spacial score (nSPS) is 14.0. The van der Waals surface area contributed by atoms with Crippen molar-refractivity contribution in [2.45, 2.75) is 25.2 Å². The molecule has 9 heteroatoms. The average molecular weight is 364 g/mol. The highest BCUT2D eigenvalue weighted by Crippen LogP contribution is 2.39. The lowest BCUT2D eigenvalue weighted by atomic mass is 10.2. The number of hydrogen-bond acceptors (Lipinski definition) is 8. The smallest absolute Gasteiger partial charge is 0.200 e. The maximum absolute atomic E-state index is 4.63. The first-order valence-electron chi connectivity index (χ1n) is 8.53. The lowest BCUT2D eigenvalue weighted by Gasteiger charge is -2.08. The first-order chi connectivity index (χ1) is 12.9. The molecule has 4 aromatic rings. The molecule has 1 aliphatic rings. The number of nitrogens with one attached hydrogen (secondary N) is 1. The second-order valence-corrected chi connectivity index (χ2v) is 7.11. The molecule has 4 heterocycles. The van der Waals surface area contributed by atoms with Crippen LogP contribution in [-0.2, 0) is 6.42 Å². The van der Waals surface area contributed by atoms with E-state index < -0.39 is 0 Å². The fraction of sp³-hybridized carbons (Fsp3) is 0.294. The Balaban J connectivity index is 1.29. The van der Waals surface area contributed by atoms with Crippen LogP contribution in [0.15, 0.2) is 36.2 Å². The maximum Gasteiger partial charge on any atom is 0.200 e. The van der Waals surface area contributed by atoms with E-state index in [0.29, 0.717) is 11.7 Å². The van der Waals surface area contributed by atoms with E-state index in [-0.39, 0.29) is 0 Å². The molecule has 0 spiro atoms. The van der Waals surface area contributed by atoms with Crippen LogP contribution in [0, 0.1) is 0 Å². The van der Waals surface area contributed by atoms with Crippen LogP contribution in [0.4, 0.5) is 5.69 Å². The van der Waals surface area contributed by atoms with Crippen molar-refractivity contribution >= 4 is 22.7 Å². The number of aromatic nitrogens is 7. The Morgan fingerprint density at radius 3 is 2.96 bits per heavy atom. The predicted molar refractivity (Wildman–Crippen MR) is 98.1 cm³/mol. The topological polar surface area (TPSA) is 93.8 Å². The van der Waals surface area contributed by atoms with Gasteiger partial charge in [-0.3, -0.25) is 0 Å². The predicted octanol–water partition coefficient (Wildman–Crippen LogP) is 2.57. The van der Waals surface area contributed by atoms with Crippen molar-refractivity contribution in [3.05, 3.63) is 47.6 Å². The fourth-order valence-corrected chi connectivity index (χ4v) is 3.61. The van der Waals surface area contributed by atoms with Crippen LogP contribution in [0.5, 0.6) is 0 Å². The van der Waals surface area contributed by atoms with Gasteiger partial charge in [0.2, 0.25) is 5.65 Å². The van der Waals surface area contributed by atoms with Gasteiger partial charge in [0.1, 0.15) is 6.33 Å². The molecule has 1 saturated carbocycles. The Morgan fingerprint density at radius 1 is 1.23 bits per heavy atom.